The van der Waals surface area contributed by atoms with Crippen LogP contribution in [0.3, 0.4) is 0 Å². The normalized spacial score (nSPS) is 13.3. The average molecular weight is 232 g/mol. The number of halogens is 4. The molecule has 0 saturated carbocycles. The highest BCUT2D eigenvalue weighted by Gasteiger charge is 2.29. The van der Waals surface area contributed by atoms with Gasteiger partial charge in [-0.1, -0.05) is 13.8 Å². The molecule has 5 heteroatoms. The van der Waals surface area contributed by atoms with Crippen LogP contribution in [0.4, 0.5) is 13.2 Å². The van der Waals surface area contributed by atoms with E-state index in [1.54, 1.807) is 0 Å². The molecule has 0 spiro atoms. The van der Waals surface area contributed by atoms with E-state index in [0.29, 0.717) is 5.88 Å². The largest absolute Gasteiger partial charge is 0.390 e. The van der Waals surface area contributed by atoms with Crippen molar-refractivity contribution < 1.29 is 13.2 Å². The zero-order valence-corrected chi connectivity index (χ0v) is 9.30. The van der Waals surface area contributed by atoms with Gasteiger partial charge in [-0.15, -0.1) is 11.6 Å². The molecule has 0 radical (unpaired) electrons. The molecule has 0 aromatic carbocycles. The molecule has 1 N–H and O–H groups in total. The fraction of sp³-hybridized carbons (Fsp3) is 1.00. The van der Waals surface area contributed by atoms with E-state index >= 15 is 0 Å². The van der Waals surface area contributed by atoms with Crippen LogP contribution in [0.5, 0.6) is 0 Å². The van der Waals surface area contributed by atoms with Crippen LogP contribution in [0.25, 0.3) is 0 Å². The number of hydrogen-bond donors (Lipinski definition) is 1. The first kappa shape index (κ1) is 14.0. The van der Waals surface area contributed by atoms with Crippen LogP contribution in [0.2, 0.25) is 0 Å². The molecule has 0 aliphatic carbocycles. The Morgan fingerprint density at radius 2 is 1.64 bits per heavy atom. The molecule has 0 aliphatic rings. The van der Waals surface area contributed by atoms with E-state index in [9.17, 15) is 13.2 Å². The van der Waals surface area contributed by atoms with E-state index in [0.717, 1.165) is 12.8 Å². The molecule has 86 valence electrons. The van der Waals surface area contributed by atoms with Crippen molar-refractivity contribution in [1.82, 2.24) is 5.32 Å². The lowest BCUT2D eigenvalue weighted by atomic mass is 9.95. The van der Waals surface area contributed by atoms with Crippen molar-refractivity contribution in [2.24, 2.45) is 0 Å². The van der Waals surface area contributed by atoms with Crippen LogP contribution < -0.4 is 5.32 Å². The predicted octanol–water partition coefficient (Wildman–Crippen LogP) is 3.33. The third kappa shape index (κ3) is 5.05. The average Bonchev–Trinajstić information content (AvgIpc) is 2.11. The number of hydrogen-bond acceptors (Lipinski definition) is 1. The molecule has 0 aromatic rings. The van der Waals surface area contributed by atoms with Gasteiger partial charge in [0.25, 0.3) is 0 Å². The van der Waals surface area contributed by atoms with Crippen LogP contribution in [0.15, 0.2) is 0 Å². The van der Waals surface area contributed by atoms with Crippen molar-refractivity contribution in [3.63, 3.8) is 0 Å². The molecule has 0 rings (SSSR count). The van der Waals surface area contributed by atoms with Crippen LogP contribution in [0.1, 0.15) is 33.1 Å². The topological polar surface area (TPSA) is 12.0 Å². The van der Waals surface area contributed by atoms with Crippen LogP contribution >= 0.6 is 11.6 Å². The summed E-state index contributed by atoms with van der Waals surface area (Å²) in [5.74, 6) is 0.345. The van der Waals surface area contributed by atoms with Crippen molar-refractivity contribution in [2.45, 2.75) is 44.8 Å². The second-order valence-electron chi connectivity index (χ2n) is 3.41. The van der Waals surface area contributed by atoms with Gasteiger partial charge in [-0.05, 0) is 12.8 Å². The van der Waals surface area contributed by atoms with E-state index in [1.165, 1.54) is 0 Å². The Labute approximate surface area is 88.0 Å². The molecule has 1 nitrogen and oxygen atoms in total. The molecule has 0 bridgehead atoms. The van der Waals surface area contributed by atoms with Gasteiger partial charge in [0.1, 0.15) is 0 Å². The highest BCUT2D eigenvalue weighted by atomic mass is 35.5. The molecule has 0 unspecified atom stereocenters. The Hall–Kier alpha value is 0.0400. The van der Waals surface area contributed by atoms with Gasteiger partial charge < -0.3 is 5.32 Å². The van der Waals surface area contributed by atoms with Gasteiger partial charge in [-0.2, -0.15) is 13.2 Å². The van der Waals surface area contributed by atoms with Crippen LogP contribution in [-0.2, 0) is 0 Å². The molecule has 0 heterocycles. The Morgan fingerprint density at radius 1 is 1.14 bits per heavy atom. The molecule has 0 fully saturated rings. The molecule has 0 amide bonds. The molecular weight excluding hydrogens is 215 g/mol. The maximum atomic E-state index is 11.9. The van der Waals surface area contributed by atoms with Gasteiger partial charge in [0, 0.05) is 18.0 Å². The second kappa shape index (κ2) is 5.81. The SMILES string of the molecule is CCC(CC)(CCl)NCCC(F)(F)F. The van der Waals surface area contributed by atoms with Crippen molar-refractivity contribution in [2.75, 3.05) is 12.4 Å². The summed E-state index contributed by atoms with van der Waals surface area (Å²) in [7, 11) is 0. The van der Waals surface area contributed by atoms with Gasteiger partial charge >= 0.3 is 6.18 Å². The minimum Gasteiger partial charge on any atom is -0.310 e. The zero-order valence-electron chi connectivity index (χ0n) is 8.55. The molecule has 0 aliphatic heterocycles. The number of alkyl halides is 4. The van der Waals surface area contributed by atoms with E-state index < -0.39 is 12.6 Å². The Bertz CT molecular complexity index is 146. The van der Waals surface area contributed by atoms with Gasteiger partial charge in [0.05, 0.1) is 6.42 Å². The quantitative estimate of drug-likeness (QED) is 0.692. The fourth-order valence-corrected chi connectivity index (χ4v) is 1.68. The van der Waals surface area contributed by atoms with Crippen molar-refractivity contribution >= 4 is 11.6 Å². The third-order valence-electron chi connectivity index (χ3n) is 2.52. The summed E-state index contributed by atoms with van der Waals surface area (Å²) in [6.07, 6.45) is -3.41. The van der Waals surface area contributed by atoms with E-state index in [2.05, 4.69) is 5.32 Å². The predicted molar refractivity (Wildman–Crippen MR) is 52.7 cm³/mol. The first-order chi connectivity index (χ1) is 6.39. The summed E-state index contributed by atoms with van der Waals surface area (Å²) in [4.78, 5) is 0. The Kier molecular flexibility index (Phi) is 5.83. The maximum Gasteiger partial charge on any atom is 0.390 e. The lowest BCUT2D eigenvalue weighted by Gasteiger charge is -2.31. The van der Waals surface area contributed by atoms with Gasteiger partial charge in [0.15, 0.2) is 0 Å². The lowest BCUT2D eigenvalue weighted by Crippen LogP contribution is -2.47. The highest BCUT2D eigenvalue weighted by molar-refractivity contribution is 6.18. The summed E-state index contributed by atoms with van der Waals surface area (Å²) in [6, 6.07) is 0. The van der Waals surface area contributed by atoms with E-state index in [1.807, 2.05) is 13.8 Å². The van der Waals surface area contributed by atoms with Crippen molar-refractivity contribution in [1.29, 1.82) is 0 Å². The van der Waals surface area contributed by atoms with E-state index in [-0.39, 0.29) is 12.1 Å². The molecule has 0 atom stereocenters. The standard InChI is InChI=1S/C9H17ClF3N/c1-3-8(4-2,7-10)14-6-5-9(11,12)13/h14H,3-7H2,1-2H3. The summed E-state index contributed by atoms with van der Waals surface area (Å²) >= 11 is 5.73. The Balaban J connectivity index is 3.95. The minimum atomic E-state index is -4.09. The van der Waals surface area contributed by atoms with Crippen LogP contribution in [0, 0.1) is 0 Å². The molecule has 0 aromatic heterocycles. The molecule has 14 heavy (non-hydrogen) atoms. The smallest absolute Gasteiger partial charge is 0.310 e. The van der Waals surface area contributed by atoms with Gasteiger partial charge in [-0.25, -0.2) is 0 Å². The highest BCUT2D eigenvalue weighted by Crippen LogP contribution is 2.21. The van der Waals surface area contributed by atoms with Gasteiger partial charge in [0.2, 0.25) is 0 Å². The summed E-state index contributed by atoms with van der Waals surface area (Å²) in [6.45, 7) is 3.79. The molecule has 0 saturated heterocycles. The minimum absolute atomic E-state index is 0.0576. The molecular formula is C9H17ClF3N. The van der Waals surface area contributed by atoms with Crippen molar-refractivity contribution in [3.8, 4) is 0 Å². The second-order valence-corrected chi connectivity index (χ2v) is 3.68. The Morgan fingerprint density at radius 3 is 1.93 bits per heavy atom. The fourth-order valence-electron chi connectivity index (χ4n) is 1.21. The first-order valence-electron chi connectivity index (χ1n) is 4.77. The van der Waals surface area contributed by atoms with E-state index in [4.69, 9.17) is 11.6 Å². The number of nitrogens with one attached hydrogen (secondary N) is 1. The third-order valence-corrected chi connectivity index (χ3v) is 3.03. The zero-order chi connectivity index (χ0) is 11.2. The summed E-state index contributed by atoms with van der Waals surface area (Å²) in [5.41, 5.74) is -0.340. The maximum absolute atomic E-state index is 11.9. The monoisotopic (exact) mass is 231 g/mol. The first-order valence-corrected chi connectivity index (χ1v) is 5.30. The summed E-state index contributed by atoms with van der Waals surface area (Å²) in [5, 5.41) is 2.89. The summed E-state index contributed by atoms with van der Waals surface area (Å²) < 4.78 is 35.6. The van der Waals surface area contributed by atoms with Crippen molar-refractivity contribution in [3.05, 3.63) is 0 Å². The lowest BCUT2D eigenvalue weighted by molar-refractivity contribution is -0.134. The van der Waals surface area contributed by atoms with Crippen LogP contribution in [-0.4, -0.2) is 24.1 Å². The van der Waals surface area contributed by atoms with Gasteiger partial charge in [-0.3, -0.25) is 0 Å². The number of rotatable bonds is 6.